The quantitative estimate of drug-likeness (QED) is 0.369. The Morgan fingerprint density at radius 3 is 2.23 bits per heavy atom. The van der Waals surface area contributed by atoms with Crippen LogP contribution in [0, 0.1) is 3.57 Å². The minimum atomic E-state index is -0.0913. The molecule has 0 unspecified atom stereocenters. The molecule has 0 heterocycles. The van der Waals surface area contributed by atoms with Crippen molar-refractivity contribution in [2.45, 2.75) is 0 Å². The average Bonchev–Trinajstić information content (AvgIpc) is 2.02. The highest BCUT2D eigenvalue weighted by Gasteiger charge is 2.12. The van der Waals surface area contributed by atoms with Crippen LogP contribution in [-0.4, -0.2) is 11.1 Å². The van der Waals surface area contributed by atoms with Crippen LogP contribution in [0.3, 0.4) is 0 Å². The van der Waals surface area contributed by atoms with Crippen LogP contribution in [0.1, 0.15) is 10.4 Å². The first kappa shape index (κ1) is 10.8. The molecular weight excluding hydrogens is 347 g/mol. The molecule has 1 aromatic carbocycles. The zero-order chi connectivity index (χ0) is 10.0. The molecule has 70 valence electrons. The number of hydrogen-bond donors (Lipinski definition) is 2. The molecule has 4 N–H and O–H groups in total. The number of carbonyl (C=O) groups excluding carboxylic acids is 1. The number of ketones is 1. The summed E-state index contributed by atoms with van der Waals surface area (Å²) in [5.41, 5.74) is 12.6. The van der Waals surface area contributed by atoms with Crippen molar-refractivity contribution in [1.29, 1.82) is 0 Å². The predicted octanol–water partition coefficient (Wildman–Crippen LogP) is 2.03. The van der Waals surface area contributed by atoms with Crippen LogP contribution < -0.4 is 11.5 Å². The fraction of sp³-hybridized carbons (Fsp3) is 0.125. The molecule has 0 fully saturated rings. The van der Waals surface area contributed by atoms with Crippen molar-refractivity contribution in [2.75, 3.05) is 16.8 Å². The van der Waals surface area contributed by atoms with Crippen molar-refractivity contribution in [2.24, 2.45) is 0 Å². The standard InChI is InChI=1S/C8H8BrIN2O/c9-3-7(13)8-5(11)1-4(10)2-6(8)12/h1-2H,3,11-12H2. The van der Waals surface area contributed by atoms with Crippen LogP contribution in [0.25, 0.3) is 0 Å². The Kier molecular flexibility index (Phi) is 3.55. The number of anilines is 2. The summed E-state index contributed by atoms with van der Waals surface area (Å²) in [7, 11) is 0. The lowest BCUT2D eigenvalue weighted by Gasteiger charge is -2.07. The molecule has 5 heteroatoms. The van der Waals surface area contributed by atoms with E-state index in [1.807, 2.05) is 0 Å². The van der Waals surface area contributed by atoms with E-state index in [4.69, 9.17) is 11.5 Å². The molecule has 0 spiro atoms. The summed E-state index contributed by atoms with van der Waals surface area (Å²) in [6.45, 7) is 0. The van der Waals surface area contributed by atoms with Crippen molar-refractivity contribution < 1.29 is 4.79 Å². The Hall–Kier alpha value is -0.300. The van der Waals surface area contributed by atoms with E-state index in [1.165, 1.54) is 0 Å². The highest BCUT2D eigenvalue weighted by molar-refractivity contribution is 14.1. The largest absolute Gasteiger partial charge is 0.398 e. The molecule has 1 rings (SSSR count). The average molecular weight is 355 g/mol. The fourth-order valence-electron chi connectivity index (χ4n) is 1.04. The van der Waals surface area contributed by atoms with Gasteiger partial charge in [0.1, 0.15) is 0 Å². The lowest BCUT2D eigenvalue weighted by molar-refractivity contribution is 0.102. The van der Waals surface area contributed by atoms with E-state index < -0.39 is 0 Å². The van der Waals surface area contributed by atoms with Crippen molar-refractivity contribution >= 4 is 55.7 Å². The molecule has 13 heavy (non-hydrogen) atoms. The number of hydrogen-bond acceptors (Lipinski definition) is 3. The lowest BCUT2D eigenvalue weighted by Crippen LogP contribution is -2.09. The third-order valence-electron chi connectivity index (χ3n) is 1.56. The molecule has 0 saturated carbocycles. The van der Waals surface area contributed by atoms with E-state index in [2.05, 4.69) is 38.5 Å². The SMILES string of the molecule is Nc1cc(I)cc(N)c1C(=O)CBr. The molecule has 0 aromatic heterocycles. The van der Waals surface area contributed by atoms with Crippen LogP contribution in [0.4, 0.5) is 11.4 Å². The van der Waals surface area contributed by atoms with E-state index in [0.29, 0.717) is 16.9 Å². The number of nitrogens with two attached hydrogens (primary N) is 2. The van der Waals surface area contributed by atoms with Crippen LogP contribution in [0.2, 0.25) is 0 Å². The van der Waals surface area contributed by atoms with Crippen LogP contribution in [-0.2, 0) is 0 Å². The minimum absolute atomic E-state index is 0.0913. The molecule has 0 atom stereocenters. The highest BCUT2D eigenvalue weighted by atomic mass is 127. The van der Waals surface area contributed by atoms with E-state index in [0.717, 1.165) is 3.57 Å². The molecule has 0 aliphatic carbocycles. The van der Waals surface area contributed by atoms with Gasteiger partial charge in [0.15, 0.2) is 5.78 Å². The Bertz CT molecular complexity index is 331. The van der Waals surface area contributed by atoms with Crippen molar-refractivity contribution in [1.82, 2.24) is 0 Å². The van der Waals surface area contributed by atoms with Gasteiger partial charge in [-0.05, 0) is 34.7 Å². The number of carbonyl (C=O) groups is 1. The van der Waals surface area contributed by atoms with Crippen molar-refractivity contribution in [3.63, 3.8) is 0 Å². The van der Waals surface area contributed by atoms with Crippen LogP contribution in [0.5, 0.6) is 0 Å². The summed E-state index contributed by atoms with van der Waals surface area (Å²) in [4.78, 5) is 11.4. The topological polar surface area (TPSA) is 69.1 Å². The third kappa shape index (κ3) is 2.34. The Labute approximate surface area is 98.1 Å². The predicted molar refractivity (Wildman–Crippen MR) is 66.1 cm³/mol. The number of Topliss-reactive ketones (excluding diaryl/α,β-unsaturated/α-hetero) is 1. The fourth-order valence-corrected chi connectivity index (χ4v) is 1.99. The maximum atomic E-state index is 11.4. The van der Waals surface area contributed by atoms with E-state index in [9.17, 15) is 4.79 Å². The summed E-state index contributed by atoms with van der Waals surface area (Å²) in [6.07, 6.45) is 0. The summed E-state index contributed by atoms with van der Waals surface area (Å²) in [5.74, 6) is -0.0913. The Morgan fingerprint density at radius 2 is 1.85 bits per heavy atom. The zero-order valence-corrected chi connectivity index (χ0v) is 10.4. The molecule has 0 amide bonds. The molecule has 0 radical (unpaired) electrons. The van der Waals surface area contributed by atoms with Gasteiger partial charge in [-0.25, -0.2) is 0 Å². The summed E-state index contributed by atoms with van der Waals surface area (Å²) in [5, 5.41) is 0.238. The van der Waals surface area contributed by atoms with Crippen LogP contribution in [0.15, 0.2) is 12.1 Å². The first-order valence-electron chi connectivity index (χ1n) is 3.50. The van der Waals surface area contributed by atoms with Crippen molar-refractivity contribution in [3.8, 4) is 0 Å². The summed E-state index contributed by atoms with van der Waals surface area (Å²) >= 11 is 5.18. The second-order valence-corrected chi connectivity index (χ2v) is 4.32. The highest BCUT2D eigenvalue weighted by Crippen LogP contribution is 2.24. The smallest absolute Gasteiger partial charge is 0.177 e. The minimum Gasteiger partial charge on any atom is -0.398 e. The van der Waals surface area contributed by atoms with Gasteiger partial charge in [0.2, 0.25) is 0 Å². The molecule has 0 aliphatic heterocycles. The van der Waals surface area contributed by atoms with Crippen LogP contribution >= 0.6 is 38.5 Å². The van der Waals surface area contributed by atoms with E-state index in [-0.39, 0.29) is 11.1 Å². The molecular formula is C8H8BrIN2O. The number of benzene rings is 1. The zero-order valence-electron chi connectivity index (χ0n) is 6.68. The maximum Gasteiger partial charge on any atom is 0.177 e. The maximum absolute atomic E-state index is 11.4. The second-order valence-electron chi connectivity index (χ2n) is 2.52. The van der Waals surface area contributed by atoms with Gasteiger partial charge in [-0.2, -0.15) is 0 Å². The number of rotatable bonds is 2. The van der Waals surface area contributed by atoms with Gasteiger partial charge in [-0.15, -0.1) is 0 Å². The molecule has 0 bridgehead atoms. The Morgan fingerprint density at radius 1 is 1.38 bits per heavy atom. The summed E-state index contributed by atoms with van der Waals surface area (Å²) < 4.78 is 0.929. The van der Waals surface area contributed by atoms with Gasteiger partial charge in [-0.3, -0.25) is 4.79 Å². The van der Waals surface area contributed by atoms with E-state index in [1.54, 1.807) is 12.1 Å². The Balaban J connectivity index is 3.28. The first-order chi connectivity index (χ1) is 6.06. The second kappa shape index (κ2) is 4.28. The number of halogens is 2. The van der Waals surface area contributed by atoms with Gasteiger partial charge >= 0.3 is 0 Å². The molecule has 0 saturated heterocycles. The normalized spacial score (nSPS) is 10.0. The molecule has 1 aromatic rings. The van der Waals surface area contributed by atoms with Gasteiger partial charge in [0.25, 0.3) is 0 Å². The van der Waals surface area contributed by atoms with Gasteiger partial charge in [0, 0.05) is 14.9 Å². The van der Waals surface area contributed by atoms with Gasteiger partial charge in [-0.1, -0.05) is 15.9 Å². The molecule has 0 aliphatic rings. The third-order valence-corrected chi connectivity index (χ3v) is 2.70. The molecule has 3 nitrogen and oxygen atoms in total. The van der Waals surface area contributed by atoms with Gasteiger partial charge in [0.05, 0.1) is 10.9 Å². The first-order valence-corrected chi connectivity index (χ1v) is 5.70. The number of nitrogen functional groups attached to an aromatic ring is 2. The van der Waals surface area contributed by atoms with Crippen molar-refractivity contribution in [3.05, 3.63) is 21.3 Å². The summed E-state index contributed by atoms with van der Waals surface area (Å²) in [6, 6.07) is 3.46. The lowest BCUT2D eigenvalue weighted by atomic mass is 10.1. The van der Waals surface area contributed by atoms with E-state index >= 15 is 0 Å². The number of alkyl halides is 1. The monoisotopic (exact) mass is 354 g/mol. The van der Waals surface area contributed by atoms with Gasteiger partial charge < -0.3 is 11.5 Å².